The Bertz CT molecular complexity index is 608. The Morgan fingerprint density at radius 3 is 2.64 bits per heavy atom. The summed E-state index contributed by atoms with van der Waals surface area (Å²) >= 11 is 0. The maximum absolute atomic E-state index is 12.8. The number of likely N-dealkylation sites (tertiary alicyclic amines) is 2. The molecule has 0 spiro atoms. The van der Waals surface area contributed by atoms with Gasteiger partial charge in [-0.2, -0.15) is 0 Å². The van der Waals surface area contributed by atoms with Crippen molar-refractivity contribution in [2.24, 2.45) is 24.6 Å². The first-order valence-electron chi connectivity index (χ1n) is 9.15. The molecule has 8 heteroatoms. The molecule has 1 unspecified atom stereocenters. The first-order valence-corrected chi connectivity index (χ1v) is 9.15. The number of hydrogen-bond donors (Lipinski definition) is 1. The molecule has 25 heavy (non-hydrogen) atoms. The number of primary amides is 1. The number of carbonyl (C=O) groups is 2. The van der Waals surface area contributed by atoms with Crippen molar-refractivity contribution in [1.29, 1.82) is 0 Å². The molecule has 2 saturated heterocycles. The van der Waals surface area contributed by atoms with Gasteiger partial charge in [0, 0.05) is 33.1 Å². The molecule has 2 amide bonds. The second-order valence-corrected chi connectivity index (χ2v) is 7.37. The van der Waals surface area contributed by atoms with Crippen LogP contribution in [0, 0.1) is 11.8 Å². The number of piperidine rings is 2. The molecular weight excluding hydrogens is 320 g/mol. The fourth-order valence-electron chi connectivity index (χ4n) is 3.99. The van der Waals surface area contributed by atoms with E-state index in [0.717, 1.165) is 57.6 Å². The zero-order chi connectivity index (χ0) is 17.8. The van der Waals surface area contributed by atoms with E-state index >= 15 is 0 Å². The van der Waals surface area contributed by atoms with Crippen molar-refractivity contribution >= 4 is 11.8 Å². The summed E-state index contributed by atoms with van der Waals surface area (Å²) in [7, 11) is 1.97. The molecule has 3 rings (SSSR count). The van der Waals surface area contributed by atoms with Crippen LogP contribution in [0.25, 0.3) is 0 Å². The topological polar surface area (TPSA) is 97.3 Å². The van der Waals surface area contributed by atoms with Gasteiger partial charge in [-0.3, -0.25) is 14.5 Å². The van der Waals surface area contributed by atoms with Gasteiger partial charge in [0.05, 0.1) is 12.5 Å². The van der Waals surface area contributed by atoms with Gasteiger partial charge in [0.15, 0.2) is 0 Å². The molecule has 1 aromatic rings. The van der Waals surface area contributed by atoms with Crippen LogP contribution in [0.2, 0.25) is 0 Å². The minimum absolute atomic E-state index is 0.00314. The van der Waals surface area contributed by atoms with Crippen molar-refractivity contribution in [3.8, 4) is 0 Å². The second kappa shape index (κ2) is 7.95. The number of hydrogen-bond acceptors (Lipinski definition) is 5. The third-order valence-corrected chi connectivity index (χ3v) is 5.44. The molecule has 0 aromatic carbocycles. The third kappa shape index (κ3) is 4.56. The van der Waals surface area contributed by atoms with Crippen molar-refractivity contribution in [2.75, 3.05) is 32.7 Å². The van der Waals surface area contributed by atoms with E-state index in [1.165, 1.54) is 0 Å². The van der Waals surface area contributed by atoms with E-state index in [4.69, 9.17) is 5.73 Å². The number of rotatable bonds is 5. The van der Waals surface area contributed by atoms with E-state index in [2.05, 4.69) is 10.2 Å². The summed E-state index contributed by atoms with van der Waals surface area (Å²) in [6.45, 7) is 3.39. The van der Waals surface area contributed by atoms with Crippen molar-refractivity contribution in [1.82, 2.24) is 24.6 Å². The number of aryl methyl sites for hydroxylation is 1. The summed E-state index contributed by atoms with van der Waals surface area (Å²) in [5.41, 5.74) is 5.28. The lowest BCUT2D eigenvalue weighted by Gasteiger charge is -2.37. The van der Waals surface area contributed by atoms with Crippen LogP contribution in [0.1, 0.15) is 31.5 Å². The minimum Gasteiger partial charge on any atom is -0.369 e. The standard InChI is InChI=1S/C17H28N6O2/c1-21-12-19-20-16(21)9-13-4-7-23(8-5-13)17(25)14-3-2-6-22(10-14)11-15(18)24/h12-14H,2-11H2,1H3,(H2,18,24). The Morgan fingerprint density at radius 1 is 1.24 bits per heavy atom. The Morgan fingerprint density at radius 2 is 2.00 bits per heavy atom. The smallest absolute Gasteiger partial charge is 0.231 e. The van der Waals surface area contributed by atoms with Crippen LogP contribution in [-0.2, 0) is 23.1 Å². The zero-order valence-electron chi connectivity index (χ0n) is 14.9. The Balaban J connectivity index is 1.48. The fourth-order valence-corrected chi connectivity index (χ4v) is 3.99. The molecule has 0 aliphatic carbocycles. The van der Waals surface area contributed by atoms with Gasteiger partial charge in [-0.1, -0.05) is 0 Å². The summed E-state index contributed by atoms with van der Waals surface area (Å²) in [4.78, 5) is 27.9. The lowest BCUT2D eigenvalue weighted by molar-refractivity contribution is -0.139. The Hall–Kier alpha value is -1.96. The molecule has 1 aromatic heterocycles. The number of nitrogens with zero attached hydrogens (tertiary/aromatic N) is 5. The highest BCUT2D eigenvalue weighted by Gasteiger charge is 2.32. The average molecular weight is 348 g/mol. The van der Waals surface area contributed by atoms with Crippen molar-refractivity contribution in [3.63, 3.8) is 0 Å². The van der Waals surface area contributed by atoms with E-state index in [1.807, 2.05) is 21.4 Å². The molecule has 138 valence electrons. The molecule has 2 aliphatic rings. The van der Waals surface area contributed by atoms with Gasteiger partial charge in [-0.15, -0.1) is 10.2 Å². The Kier molecular flexibility index (Phi) is 5.67. The summed E-state index contributed by atoms with van der Waals surface area (Å²) in [6.07, 6.45) is 6.54. The van der Waals surface area contributed by atoms with Crippen LogP contribution in [0.5, 0.6) is 0 Å². The summed E-state index contributed by atoms with van der Waals surface area (Å²) in [5, 5.41) is 8.09. The molecule has 2 aliphatic heterocycles. The van der Waals surface area contributed by atoms with Gasteiger partial charge >= 0.3 is 0 Å². The molecule has 0 radical (unpaired) electrons. The predicted molar refractivity (Wildman–Crippen MR) is 92.4 cm³/mol. The maximum atomic E-state index is 12.8. The minimum atomic E-state index is -0.322. The zero-order valence-corrected chi connectivity index (χ0v) is 14.9. The number of carbonyl (C=O) groups excluding carboxylic acids is 2. The van der Waals surface area contributed by atoms with Crippen molar-refractivity contribution in [2.45, 2.75) is 32.1 Å². The molecule has 8 nitrogen and oxygen atoms in total. The maximum Gasteiger partial charge on any atom is 0.231 e. The van der Waals surface area contributed by atoms with Crippen molar-refractivity contribution in [3.05, 3.63) is 12.2 Å². The highest BCUT2D eigenvalue weighted by molar-refractivity contribution is 5.79. The van der Waals surface area contributed by atoms with E-state index in [1.54, 1.807) is 6.33 Å². The molecule has 0 saturated carbocycles. The first kappa shape index (κ1) is 17.8. The molecule has 3 heterocycles. The van der Waals surface area contributed by atoms with Crippen LogP contribution in [0.3, 0.4) is 0 Å². The summed E-state index contributed by atoms with van der Waals surface area (Å²) < 4.78 is 1.97. The van der Waals surface area contributed by atoms with Gasteiger partial charge in [0.25, 0.3) is 0 Å². The van der Waals surface area contributed by atoms with E-state index in [9.17, 15) is 9.59 Å². The van der Waals surface area contributed by atoms with Gasteiger partial charge in [-0.25, -0.2) is 0 Å². The largest absolute Gasteiger partial charge is 0.369 e. The van der Waals surface area contributed by atoms with E-state index in [-0.39, 0.29) is 24.3 Å². The van der Waals surface area contributed by atoms with Gasteiger partial charge in [0.1, 0.15) is 12.2 Å². The van der Waals surface area contributed by atoms with Crippen LogP contribution in [0.4, 0.5) is 0 Å². The normalized spacial score (nSPS) is 22.9. The molecule has 1 atom stereocenters. The summed E-state index contributed by atoms with van der Waals surface area (Å²) in [5.74, 6) is 1.50. The quantitative estimate of drug-likeness (QED) is 0.794. The van der Waals surface area contributed by atoms with Gasteiger partial charge < -0.3 is 15.2 Å². The Labute approximate surface area is 148 Å². The fraction of sp³-hybridized carbons (Fsp3) is 0.765. The molecule has 2 N–H and O–H groups in total. The molecular formula is C17H28N6O2. The summed E-state index contributed by atoms with van der Waals surface area (Å²) in [6, 6.07) is 0. The SMILES string of the molecule is Cn1cnnc1CC1CCN(C(=O)C2CCCN(CC(N)=O)C2)CC1. The molecule has 2 fully saturated rings. The highest BCUT2D eigenvalue weighted by Crippen LogP contribution is 2.24. The lowest BCUT2D eigenvalue weighted by Crippen LogP contribution is -2.48. The number of aromatic nitrogens is 3. The van der Waals surface area contributed by atoms with Crippen molar-refractivity contribution < 1.29 is 9.59 Å². The van der Waals surface area contributed by atoms with Gasteiger partial charge in [0.2, 0.25) is 11.8 Å². The first-order chi connectivity index (χ1) is 12.0. The van der Waals surface area contributed by atoms with Crippen LogP contribution in [0.15, 0.2) is 6.33 Å². The van der Waals surface area contributed by atoms with Gasteiger partial charge in [-0.05, 0) is 38.1 Å². The second-order valence-electron chi connectivity index (χ2n) is 7.37. The van der Waals surface area contributed by atoms with E-state index in [0.29, 0.717) is 12.5 Å². The predicted octanol–water partition coefficient (Wildman–Crippen LogP) is -0.206. The molecule has 0 bridgehead atoms. The average Bonchev–Trinajstić information content (AvgIpc) is 2.99. The monoisotopic (exact) mass is 348 g/mol. The number of nitrogens with two attached hydrogens (primary N) is 1. The van der Waals surface area contributed by atoms with Crippen LogP contribution >= 0.6 is 0 Å². The number of amides is 2. The third-order valence-electron chi connectivity index (χ3n) is 5.44. The highest BCUT2D eigenvalue weighted by atomic mass is 16.2. The van der Waals surface area contributed by atoms with Crippen LogP contribution < -0.4 is 5.73 Å². The van der Waals surface area contributed by atoms with E-state index < -0.39 is 0 Å². The lowest BCUT2D eigenvalue weighted by atomic mass is 9.91. The van der Waals surface area contributed by atoms with Crippen LogP contribution in [-0.4, -0.2) is 69.1 Å².